The Morgan fingerprint density at radius 1 is 1.06 bits per heavy atom. The summed E-state index contributed by atoms with van der Waals surface area (Å²) in [5, 5.41) is 2.53. The maximum atomic E-state index is 13.5. The molecule has 0 aromatic heterocycles. The highest BCUT2D eigenvalue weighted by Gasteiger charge is 2.53. The highest BCUT2D eigenvalue weighted by molar-refractivity contribution is 6.11. The van der Waals surface area contributed by atoms with Crippen molar-refractivity contribution < 1.29 is 28.7 Å². The topological polar surface area (TPSA) is 151 Å². The van der Waals surface area contributed by atoms with Gasteiger partial charge in [0.1, 0.15) is 11.7 Å². The minimum Gasteiger partial charge on any atom is -0.460 e. The van der Waals surface area contributed by atoms with Gasteiger partial charge >= 0.3 is 11.9 Å². The first-order chi connectivity index (χ1) is 15.9. The molecule has 1 rings (SSSR count). The first-order valence-corrected chi connectivity index (χ1v) is 12.6. The summed E-state index contributed by atoms with van der Waals surface area (Å²) in [5.41, 5.74) is 7.32. The van der Waals surface area contributed by atoms with Crippen molar-refractivity contribution in [3.8, 4) is 0 Å². The van der Waals surface area contributed by atoms with Crippen molar-refractivity contribution >= 4 is 24.1 Å². The van der Waals surface area contributed by atoms with Gasteiger partial charge in [-0.15, -0.1) is 0 Å². The molecule has 0 aromatic carbocycles. The Balaban J connectivity index is 3.37. The monoisotopic (exact) mass is 483 g/mol. The molecule has 0 spiro atoms. The predicted octanol–water partition coefficient (Wildman–Crippen LogP) is 2.52. The lowest BCUT2D eigenvalue weighted by atomic mass is 9.80. The number of nitrogens with one attached hydrogen (secondary N) is 1. The lowest BCUT2D eigenvalue weighted by Crippen LogP contribution is -2.70. The Kier molecular flexibility index (Phi) is 11.6. The van der Waals surface area contributed by atoms with Crippen LogP contribution in [0, 0.1) is 5.92 Å². The summed E-state index contributed by atoms with van der Waals surface area (Å²) in [6, 6.07) is 0. The smallest absolute Gasteiger partial charge is 0.340 e. The summed E-state index contributed by atoms with van der Waals surface area (Å²) in [5.74, 6) is -3.43. The molecule has 5 N–H and O–H groups in total. The summed E-state index contributed by atoms with van der Waals surface area (Å²) in [6.45, 7) is 8.77. The molecule has 1 amide bonds. The fourth-order valence-electron chi connectivity index (χ4n) is 4.24. The van der Waals surface area contributed by atoms with Gasteiger partial charge in [-0.05, 0) is 65.8 Å². The van der Waals surface area contributed by atoms with Crippen LogP contribution in [0.2, 0.25) is 0 Å². The van der Waals surface area contributed by atoms with E-state index in [1.54, 1.807) is 20.8 Å². The quantitative estimate of drug-likeness (QED) is 0.205. The number of aldehydes is 1. The number of hydrogen-bond acceptors (Lipinski definition) is 8. The van der Waals surface area contributed by atoms with E-state index in [9.17, 15) is 19.2 Å². The third kappa shape index (κ3) is 7.77. The molecular weight excluding hydrogens is 438 g/mol. The van der Waals surface area contributed by atoms with E-state index < -0.39 is 40.4 Å². The van der Waals surface area contributed by atoms with Gasteiger partial charge in [0.05, 0.1) is 0 Å². The summed E-state index contributed by atoms with van der Waals surface area (Å²) < 4.78 is 11.1. The molecule has 9 nitrogen and oxygen atoms in total. The van der Waals surface area contributed by atoms with Gasteiger partial charge in [0.2, 0.25) is 0 Å². The standard InChI is InChI=1S/C25H45N3O6/c1-6-8-15-24(27,21(31)34-23(3,4)5)20(30)28-25(17-29,18(16-26)12-7-2)22(32)33-19-13-10-9-11-14-19/h17-19H,6-16,26-27H2,1-5H3,(H,28,30). The second-order valence-electron chi connectivity index (χ2n) is 10.4. The zero-order valence-electron chi connectivity index (χ0n) is 21.6. The molecule has 1 aliphatic rings. The maximum absolute atomic E-state index is 13.5. The highest BCUT2D eigenvalue weighted by Crippen LogP contribution is 2.28. The molecule has 3 unspecified atom stereocenters. The molecule has 0 saturated heterocycles. The third-order valence-electron chi connectivity index (χ3n) is 6.33. The lowest BCUT2D eigenvalue weighted by molar-refractivity contribution is -0.170. The van der Waals surface area contributed by atoms with Gasteiger partial charge in [0, 0.05) is 5.92 Å². The number of ether oxygens (including phenoxy) is 2. The molecule has 34 heavy (non-hydrogen) atoms. The van der Waals surface area contributed by atoms with Crippen LogP contribution in [-0.2, 0) is 28.7 Å². The molecule has 3 atom stereocenters. The third-order valence-corrected chi connectivity index (χ3v) is 6.33. The Morgan fingerprint density at radius 2 is 1.68 bits per heavy atom. The van der Waals surface area contributed by atoms with Gasteiger partial charge in [-0.25, -0.2) is 9.59 Å². The molecular formula is C25H45N3O6. The fraction of sp³-hybridized carbons (Fsp3) is 0.840. The molecule has 196 valence electrons. The SMILES string of the molecule is CCCCC(N)(C(=O)NC(C=O)(C(=O)OC1CCCCC1)C(CN)CCC)C(=O)OC(C)(C)C. The lowest BCUT2D eigenvalue weighted by Gasteiger charge is -2.38. The van der Waals surface area contributed by atoms with Crippen LogP contribution in [-0.4, -0.2) is 53.5 Å². The Bertz CT molecular complexity index is 701. The highest BCUT2D eigenvalue weighted by atomic mass is 16.6. The van der Waals surface area contributed by atoms with E-state index in [2.05, 4.69) is 5.32 Å². The summed E-state index contributed by atoms with van der Waals surface area (Å²) in [7, 11) is 0. The largest absolute Gasteiger partial charge is 0.460 e. The van der Waals surface area contributed by atoms with Crippen LogP contribution >= 0.6 is 0 Å². The molecule has 0 aliphatic heterocycles. The van der Waals surface area contributed by atoms with Gasteiger partial charge in [0.25, 0.3) is 5.91 Å². The number of hydrogen-bond donors (Lipinski definition) is 3. The van der Waals surface area contributed by atoms with Crippen LogP contribution in [0.4, 0.5) is 0 Å². The first-order valence-electron chi connectivity index (χ1n) is 12.6. The number of carbonyl (C=O) groups excluding carboxylic acids is 4. The fourth-order valence-corrected chi connectivity index (χ4v) is 4.24. The van der Waals surface area contributed by atoms with Gasteiger partial charge in [-0.3, -0.25) is 4.79 Å². The zero-order chi connectivity index (χ0) is 26.0. The average molecular weight is 484 g/mol. The number of unbranched alkanes of at least 4 members (excludes halogenated alkanes) is 1. The molecule has 1 aliphatic carbocycles. The summed E-state index contributed by atoms with van der Waals surface area (Å²) >= 11 is 0. The molecule has 1 saturated carbocycles. The number of nitrogens with two attached hydrogens (primary N) is 2. The van der Waals surface area contributed by atoms with Crippen molar-refractivity contribution in [3.05, 3.63) is 0 Å². The first kappa shape index (κ1) is 30.0. The van der Waals surface area contributed by atoms with E-state index in [4.69, 9.17) is 20.9 Å². The van der Waals surface area contributed by atoms with Crippen LogP contribution in [0.25, 0.3) is 0 Å². The van der Waals surface area contributed by atoms with Crippen molar-refractivity contribution in [2.24, 2.45) is 17.4 Å². The Hall–Kier alpha value is -2.00. The predicted molar refractivity (Wildman–Crippen MR) is 130 cm³/mol. The molecule has 1 fully saturated rings. The number of amides is 1. The Labute approximate surface area is 204 Å². The van der Waals surface area contributed by atoms with Crippen LogP contribution in [0.15, 0.2) is 0 Å². The van der Waals surface area contributed by atoms with E-state index in [1.165, 1.54) is 0 Å². The minimum absolute atomic E-state index is 0.00206. The summed E-state index contributed by atoms with van der Waals surface area (Å²) in [6.07, 6.45) is 6.54. The van der Waals surface area contributed by atoms with Crippen molar-refractivity contribution in [2.75, 3.05) is 6.54 Å². The van der Waals surface area contributed by atoms with Crippen LogP contribution in [0.1, 0.15) is 98.8 Å². The Morgan fingerprint density at radius 3 is 2.15 bits per heavy atom. The number of esters is 2. The van der Waals surface area contributed by atoms with Crippen LogP contribution < -0.4 is 16.8 Å². The van der Waals surface area contributed by atoms with Crippen molar-refractivity contribution in [2.45, 2.75) is 122 Å². The minimum atomic E-state index is -2.08. The van der Waals surface area contributed by atoms with E-state index in [0.717, 1.165) is 19.3 Å². The van der Waals surface area contributed by atoms with Gasteiger partial charge < -0.3 is 31.1 Å². The second kappa shape index (κ2) is 13.2. The molecule has 0 bridgehead atoms. The van der Waals surface area contributed by atoms with E-state index in [-0.39, 0.29) is 19.1 Å². The van der Waals surface area contributed by atoms with Crippen LogP contribution in [0.3, 0.4) is 0 Å². The molecule has 9 heteroatoms. The van der Waals surface area contributed by atoms with Gasteiger partial charge in [-0.2, -0.15) is 0 Å². The molecule has 0 heterocycles. The normalized spacial score (nSPS) is 19.3. The van der Waals surface area contributed by atoms with Crippen molar-refractivity contribution in [3.63, 3.8) is 0 Å². The van der Waals surface area contributed by atoms with E-state index >= 15 is 0 Å². The van der Waals surface area contributed by atoms with Gasteiger partial charge in [-0.1, -0.05) is 39.5 Å². The zero-order valence-corrected chi connectivity index (χ0v) is 21.6. The maximum Gasteiger partial charge on any atom is 0.340 e. The second-order valence-corrected chi connectivity index (χ2v) is 10.4. The summed E-state index contributed by atoms with van der Waals surface area (Å²) in [4.78, 5) is 52.5. The number of carbonyl (C=O) groups is 4. The molecule has 0 aromatic rings. The van der Waals surface area contributed by atoms with Gasteiger partial charge in [0.15, 0.2) is 17.4 Å². The average Bonchev–Trinajstić information content (AvgIpc) is 2.78. The number of rotatable bonds is 13. The van der Waals surface area contributed by atoms with Crippen molar-refractivity contribution in [1.29, 1.82) is 0 Å². The van der Waals surface area contributed by atoms with E-state index in [1.807, 2.05) is 13.8 Å². The van der Waals surface area contributed by atoms with Crippen molar-refractivity contribution in [1.82, 2.24) is 5.32 Å². The molecule has 0 radical (unpaired) electrons. The van der Waals surface area contributed by atoms with E-state index in [0.29, 0.717) is 44.8 Å². The van der Waals surface area contributed by atoms with Crippen LogP contribution in [0.5, 0.6) is 0 Å².